The van der Waals surface area contributed by atoms with Crippen LogP contribution in [-0.4, -0.2) is 57.5 Å². The number of hydrogen-bond donors (Lipinski definition) is 1. The minimum absolute atomic E-state index is 0.151. The molecule has 2 saturated heterocycles. The maximum atomic E-state index is 12.6. The molecule has 0 saturated carbocycles. The number of likely N-dealkylation sites (tertiary alicyclic amines) is 2. The number of fused-ring (bicyclic) bond motifs is 1. The molecule has 1 aromatic rings. The average molecular weight is 332 g/mol. The van der Waals surface area contributed by atoms with Crippen LogP contribution in [0.3, 0.4) is 0 Å². The third-order valence-corrected chi connectivity index (χ3v) is 5.08. The molecule has 2 aliphatic rings. The van der Waals surface area contributed by atoms with Crippen LogP contribution in [0.1, 0.15) is 49.5 Å². The first-order valence-corrected chi connectivity index (χ1v) is 8.74. The van der Waals surface area contributed by atoms with Crippen LogP contribution in [0.5, 0.6) is 0 Å². The second-order valence-electron chi connectivity index (χ2n) is 6.65. The van der Waals surface area contributed by atoms with Crippen molar-refractivity contribution in [3.63, 3.8) is 0 Å². The first-order chi connectivity index (χ1) is 11.6. The molecule has 0 spiro atoms. The van der Waals surface area contributed by atoms with Crippen LogP contribution in [0.2, 0.25) is 0 Å². The van der Waals surface area contributed by atoms with E-state index in [1.165, 1.54) is 12.1 Å². The van der Waals surface area contributed by atoms with E-state index < -0.39 is 0 Å². The number of aromatic amines is 1. The van der Waals surface area contributed by atoms with Gasteiger partial charge >= 0.3 is 0 Å². The Morgan fingerprint density at radius 1 is 1.33 bits per heavy atom. The maximum Gasteiger partial charge on any atom is 0.274 e. The molecule has 130 valence electrons. The van der Waals surface area contributed by atoms with Gasteiger partial charge in [0.1, 0.15) is 5.69 Å². The third kappa shape index (κ3) is 3.34. The van der Waals surface area contributed by atoms with Crippen LogP contribution in [0, 0.1) is 5.92 Å². The van der Waals surface area contributed by atoms with Crippen LogP contribution < -0.4 is 5.56 Å². The van der Waals surface area contributed by atoms with Crippen molar-refractivity contribution in [1.29, 1.82) is 0 Å². The highest BCUT2D eigenvalue weighted by Crippen LogP contribution is 2.31. The first-order valence-electron chi connectivity index (χ1n) is 8.74. The normalized spacial score (nSPS) is 24.0. The lowest BCUT2D eigenvalue weighted by atomic mass is 9.83. The van der Waals surface area contributed by atoms with Crippen molar-refractivity contribution in [1.82, 2.24) is 20.0 Å². The molecule has 3 heterocycles. The highest BCUT2D eigenvalue weighted by Gasteiger charge is 2.40. The quantitative estimate of drug-likeness (QED) is 0.892. The number of aromatic nitrogens is 2. The minimum Gasteiger partial charge on any atom is -0.339 e. The monoisotopic (exact) mass is 332 g/mol. The van der Waals surface area contributed by atoms with Crippen molar-refractivity contribution in [2.75, 3.05) is 19.6 Å². The lowest BCUT2D eigenvalue weighted by Crippen LogP contribution is -2.57. The Bertz CT molecular complexity index is 652. The number of nitrogens with zero attached hydrogens (tertiary/aromatic N) is 3. The highest BCUT2D eigenvalue weighted by molar-refractivity contribution is 5.92. The van der Waals surface area contributed by atoms with E-state index in [1.54, 1.807) is 4.90 Å². The Balaban J connectivity index is 1.68. The smallest absolute Gasteiger partial charge is 0.274 e. The molecular weight excluding hydrogens is 308 g/mol. The minimum atomic E-state index is -0.317. The van der Waals surface area contributed by atoms with Gasteiger partial charge in [-0.3, -0.25) is 14.4 Å². The summed E-state index contributed by atoms with van der Waals surface area (Å²) in [5.41, 5.74) is -0.0506. The van der Waals surface area contributed by atoms with Gasteiger partial charge < -0.3 is 9.80 Å². The number of carbonyl (C=O) groups excluding carboxylic acids is 2. The maximum absolute atomic E-state index is 12.6. The molecule has 0 aliphatic carbocycles. The number of nitrogens with one attached hydrogen (secondary N) is 1. The standard InChI is InChI=1S/C17H24N4O3/c1-2-3-9-21-14-8-10-20(11-12(14)4-7-16(21)23)17(24)13-5-6-15(22)19-18-13/h5-6,12,14H,2-4,7-11H2,1H3,(H,19,22)/t12-,14+/m1/s1. The molecule has 2 fully saturated rings. The summed E-state index contributed by atoms with van der Waals surface area (Å²) in [5, 5.41) is 6.14. The molecule has 2 amide bonds. The summed E-state index contributed by atoms with van der Waals surface area (Å²) < 4.78 is 0. The number of H-pyrrole nitrogens is 1. The van der Waals surface area contributed by atoms with Crippen molar-refractivity contribution < 1.29 is 9.59 Å². The molecule has 0 unspecified atom stereocenters. The summed E-state index contributed by atoms with van der Waals surface area (Å²) in [6.07, 6.45) is 4.33. The molecule has 7 heteroatoms. The molecule has 2 atom stereocenters. The Labute approximate surface area is 141 Å². The Morgan fingerprint density at radius 2 is 2.17 bits per heavy atom. The second kappa shape index (κ2) is 7.15. The number of rotatable bonds is 4. The van der Waals surface area contributed by atoms with Gasteiger partial charge in [0.2, 0.25) is 5.91 Å². The molecule has 0 bridgehead atoms. The number of unbranched alkanes of at least 4 members (excludes halogenated alkanes) is 1. The number of amides is 2. The van der Waals surface area contributed by atoms with Gasteiger partial charge in [-0.15, -0.1) is 0 Å². The molecule has 24 heavy (non-hydrogen) atoms. The lowest BCUT2D eigenvalue weighted by molar-refractivity contribution is -0.140. The molecular formula is C17H24N4O3. The summed E-state index contributed by atoms with van der Waals surface area (Å²) in [5.74, 6) is 0.438. The van der Waals surface area contributed by atoms with Gasteiger partial charge in [-0.2, -0.15) is 5.10 Å². The Hall–Kier alpha value is -2.18. The van der Waals surface area contributed by atoms with Gasteiger partial charge in [-0.1, -0.05) is 13.3 Å². The predicted octanol–water partition coefficient (Wildman–Crippen LogP) is 1.02. The van der Waals surface area contributed by atoms with Gasteiger partial charge in [-0.05, 0) is 31.2 Å². The number of hydrogen-bond acceptors (Lipinski definition) is 4. The zero-order valence-electron chi connectivity index (χ0n) is 14.0. The van der Waals surface area contributed by atoms with E-state index >= 15 is 0 Å². The van der Waals surface area contributed by atoms with Crippen molar-refractivity contribution in [3.05, 3.63) is 28.2 Å². The second-order valence-corrected chi connectivity index (χ2v) is 6.65. The third-order valence-electron chi connectivity index (χ3n) is 5.08. The first kappa shape index (κ1) is 16.7. The van der Waals surface area contributed by atoms with E-state index in [4.69, 9.17) is 0 Å². The van der Waals surface area contributed by atoms with Crippen LogP contribution in [0.15, 0.2) is 16.9 Å². The summed E-state index contributed by atoms with van der Waals surface area (Å²) in [4.78, 5) is 39.7. The highest BCUT2D eigenvalue weighted by atomic mass is 16.2. The molecule has 0 aromatic carbocycles. The summed E-state index contributed by atoms with van der Waals surface area (Å²) in [6, 6.07) is 3.04. The van der Waals surface area contributed by atoms with Gasteiger partial charge in [0.15, 0.2) is 0 Å². The van der Waals surface area contributed by atoms with Gasteiger partial charge in [-0.25, -0.2) is 5.10 Å². The summed E-state index contributed by atoms with van der Waals surface area (Å²) in [6.45, 7) is 4.23. The summed E-state index contributed by atoms with van der Waals surface area (Å²) >= 11 is 0. The van der Waals surface area contributed by atoms with Crippen molar-refractivity contribution in [3.8, 4) is 0 Å². The Morgan fingerprint density at radius 3 is 2.88 bits per heavy atom. The van der Waals surface area contributed by atoms with E-state index in [-0.39, 0.29) is 29.1 Å². The number of piperidine rings is 2. The summed E-state index contributed by atoms with van der Waals surface area (Å²) in [7, 11) is 0. The zero-order valence-corrected chi connectivity index (χ0v) is 14.0. The molecule has 3 rings (SSSR count). The molecule has 1 N–H and O–H groups in total. The lowest BCUT2D eigenvalue weighted by Gasteiger charge is -2.47. The largest absolute Gasteiger partial charge is 0.339 e. The molecule has 1 aromatic heterocycles. The fraction of sp³-hybridized carbons (Fsp3) is 0.647. The topological polar surface area (TPSA) is 86.4 Å². The van der Waals surface area contributed by atoms with Crippen LogP contribution in [-0.2, 0) is 4.79 Å². The molecule has 0 radical (unpaired) electrons. The van der Waals surface area contributed by atoms with E-state index in [2.05, 4.69) is 17.1 Å². The van der Waals surface area contributed by atoms with Crippen LogP contribution >= 0.6 is 0 Å². The average Bonchev–Trinajstić information content (AvgIpc) is 2.60. The fourth-order valence-corrected chi connectivity index (χ4v) is 3.78. The molecule has 7 nitrogen and oxygen atoms in total. The van der Waals surface area contributed by atoms with Crippen LogP contribution in [0.4, 0.5) is 0 Å². The van der Waals surface area contributed by atoms with Crippen LogP contribution in [0.25, 0.3) is 0 Å². The number of carbonyl (C=O) groups is 2. The predicted molar refractivity (Wildman–Crippen MR) is 88.5 cm³/mol. The van der Waals surface area contributed by atoms with Gasteiger partial charge in [0.05, 0.1) is 0 Å². The van der Waals surface area contributed by atoms with Gasteiger partial charge in [0.25, 0.3) is 11.5 Å². The molecule has 2 aliphatic heterocycles. The fourth-order valence-electron chi connectivity index (χ4n) is 3.78. The van der Waals surface area contributed by atoms with Crippen molar-refractivity contribution in [2.24, 2.45) is 5.92 Å². The zero-order chi connectivity index (χ0) is 17.1. The van der Waals surface area contributed by atoms with Crippen molar-refractivity contribution in [2.45, 2.75) is 45.1 Å². The SMILES string of the molecule is CCCCN1C(=O)CC[C@@H]2CN(C(=O)c3ccc(=O)[nH]n3)CC[C@@H]21. The Kier molecular flexibility index (Phi) is 4.97. The van der Waals surface area contributed by atoms with E-state index in [9.17, 15) is 14.4 Å². The van der Waals surface area contributed by atoms with Crippen molar-refractivity contribution >= 4 is 11.8 Å². The van der Waals surface area contributed by atoms with Gasteiger partial charge in [0, 0.05) is 38.2 Å². The van der Waals surface area contributed by atoms with E-state index in [1.807, 2.05) is 4.90 Å². The van der Waals surface area contributed by atoms with E-state index in [0.717, 1.165) is 32.2 Å². The van der Waals surface area contributed by atoms with E-state index in [0.29, 0.717) is 25.4 Å².